The van der Waals surface area contributed by atoms with Crippen LogP contribution in [-0.4, -0.2) is 100 Å². The predicted octanol–water partition coefficient (Wildman–Crippen LogP) is 4.50. The topological polar surface area (TPSA) is 162 Å². The number of rotatable bonds is 9. The molecule has 0 radical (unpaired) electrons. The lowest BCUT2D eigenvalue weighted by Gasteiger charge is -2.44. The number of urea groups is 1. The molecule has 1 aliphatic carbocycles. The molecule has 0 bridgehead atoms. The van der Waals surface area contributed by atoms with Crippen LogP contribution in [0, 0.1) is 5.82 Å². The normalized spacial score (nSPS) is 19.1. The first kappa shape index (κ1) is 37.9. The number of nitrogens with zero attached hydrogens (tertiary/aromatic N) is 7. The highest BCUT2D eigenvalue weighted by Gasteiger charge is 2.53. The summed E-state index contributed by atoms with van der Waals surface area (Å²) in [6.45, 7) is 5.10. The van der Waals surface area contributed by atoms with Crippen molar-refractivity contribution in [3.63, 3.8) is 0 Å². The highest BCUT2D eigenvalue weighted by Crippen LogP contribution is 2.52. The Labute approximate surface area is 324 Å². The lowest BCUT2D eigenvalue weighted by Crippen LogP contribution is -2.53. The third-order valence-electron chi connectivity index (χ3n) is 11.4. The molecule has 2 aromatic carbocycles. The van der Waals surface area contributed by atoms with Gasteiger partial charge in [0.2, 0.25) is 5.91 Å². The average molecular weight is 789 g/mol. The quantitative estimate of drug-likeness (QED) is 0.208. The molecule has 298 valence electrons. The summed E-state index contributed by atoms with van der Waals surface area (Å²) in [4.78, 5) is 61.0. The largest absolute Gasteiger partial charge is 0.433 e. The molecule has 0 atom stereocenters. The fraction of sp³-hybridized carbons (Fsp3) is 0.385. The molecule has 2 aromatic heterocycles. The third kappa shape index (κ3) is 7.60. The van der Waals surface area contributed by atoms with Gasteiger partial charge in [-0.15, -0.1) is 0 Å². The number of pyridine rings is 1. The van der Waals surface area contributed by atoms with Gasteiger partial charge in [0.15, 0.2) is 5.69 Å². The van der Waals surface area contributed by atoms with Crippen molar-refractivity contribution in [2.45, 2.75) is 49.9 Å². The van der Waals surface area contributed by atoms with Crippen molar-refractivity contribution in [2.75, 3.05) is 60.9 Å². The van der Waals surface area contributed by atoms with Crippen molar-refractivity contribution in [1.29, 1.82) is 0 Å². The molecule has 5 heterocycles. The Morgan fingerprint density at radius 1 is 0.877 bits per heavy atom. The van der Waals surface area contributed by atoms with Gasteiger partial charge in [-0.2, -0.15) is 18.3 Å². The van der Waals surface area contributed by atoms with E-state index in [0.29, 0.717) is 24.0 Å². The maximum Gasteiger partial charge on any atom is 0.433 e. The van der Waals surface area contributed by atoms with E-state index < -0.39 is 40.9 Å². The minimum absolute atomic E-state index is 0.0762. The Bertz CT molecular complexity index is 2210. The number of amides is 5. The molecule has 3 aliphatic heterocycles. The number of primary amides is 1. The molecule has 4 aliphatic rings. The summed E-state index contributed by atoms with van der Waals surface area (Å²) >= 11 is 0. The molecule has 0 unspecified atom stereocenters. The number of imide groups is 1. The fourth-order valence-corrected chi connectivity index (χ4v) is 8.18. The highest BCUT2D eigenvalue weighted by atomic mass is 19.4. The molecule has 8 rings (SSSR count). The number of benzene rings is 2. The van der Waals surface area contributed by atoms with Gasteiger partial charge in [0.05, 0.1) is 28.8 Å². The van der Waals surface area contributed by atoms with Crippen LogP contribution in [0.5, 0.6) is 0 Å². The van der Waals surface area contributed by atoms with E-state index in [1.807, 2.05) is 24.3 Å². The van der Waals surface area contributed by atoms with Crippen LogP contribution in [0.4, 0.5) is 39.4 Å². The van der Waals surface area contributed by atoms with Gasteiger partial charge in [-0.3, -0.25) is 24.6 Å². The molecule has 14 nitrogen and oxygen atoms in total. The predicted molar refractivity (Wildman–Crippen MR) is 200 cm³/mol. The molecule has 4 aromatic rings. The van der Waals surface area contributed by atoms with Gasteiger partial charge in [0, 0.05) is 64.0 Å². The van der Waals surface area contributed by atoms with Gasteiger partial charge < -0.3 is 25.8 Å². The van der Waals surface area contributed by atoms with Crippen LogP contribution in [0.2, 0.25) is 0 Å². The van der Waals surface area contributed by atoms with Crippen LogP contribution < -0.4 is 26.2 Å². The number of carbonyl (C=O) groups is 4. The number of aromatic nitrogens is 3. The molecular weight excluding hydrogens is 748 g/mol. The SMILES string of the molecule is NC(=O)c1nn(-c2ccc(N3CCN(C4CCN(c5ccc(C6(N7CCC(=O)NC7=O)CC6)cc5F)CC4)CC3)cc2)cc1NC(=O)c1cccc(C(F)(F)F)n1. The molecule has 1 saturated carbocycles. The molecule has 5 amide bonds. The zero-order valence-electron chi connectivity index (χ0n) is 30.8. The van der Waals surface area contributed by atoms with E-state index in [1.165, 1.54) is 10.9 Å². The number of nitrogens with two attached hydrogens (primary N) is 1. The van der Waals surface area contributed by atoms with Crippen LogP contribution >= 0.6 is 0 Å². The molecule has 4 N–H and O–H groups in total. The Balaban J connectivity index is 0.844. The molecule has 3 saturated heterocycles. The zero-order valence-corrected chi connectivity index (χ0v) is 30.8. The number of halogens is 4. The molecule has 18 heteroatoms. The van der Waals surface area contributed by atoms with E-state index in [-0.39, 0.29) is 29.5 Å². The van der Waals surface area contributed by atoms with Gasteiger partial charge in [0.25, 0.3) is 11.8 Å². The van der Waals surface area contributed by atoms with E-state index in [4.69, 9.17) is 5.73 Å². The standard InChI is InChI=1S/C39H40F4N10O4/c40-28-22-24(38(13-14-38)52-17-12-33(54)47-37(52)57)4-9-31(28)51-15-10-26(11-16-51)50-20-18-49(19-21-50)25-5-7-27(8-6-25)53-23-30(34(48-53)35(44)55)46-36(56)29-2-1-3-32(45-29)39(41,42)43/h1-9,22-23,26H,10-21H2,(H2,44,55)(H,46,56)(H,47,54,57). The van der Waals surface area contributed by atoms with E-state index in [0.717, 1.165) is 94.4 Å². The van der Waals surface area contributed by atoms with Gasteiger partial charge in [-0.05, 0) is 79.8 Å². The van der Waals surface area contributed by atoms with Crippen molar-refractivity contribution in [2.24, 2.45) is 5.73 Å². The molecule has 0 spiro atoms. The van der Waals surface area contributed by atoms with Gasteiger partial charge in [0.1, 0.15) is 17.2 Å². The summed E-state index contributed by atoms with van der Waals surface area (Å²) < 4.78 is 56.3. The summed E-state index contributed by atoms with van der Waals surface area (Å²) in [5, 5.41) is 9.00. The van der Waals surface area contributed by atoms with Crippen LogP contribution in [-0.2, 0) is 16.5 Å². The maximum absolute atomic E-state index is 15.6. The lowest BCUT2D eigenvalue weighted by molar-refractivity contribution is -0.141. The molecule has 57 heavy (non-hydrogen) atoms. The Kier molecular flexibility index (Phi) is 9.83. The Morgan fingerprint density at radius 2 is 1.58 bits per heavy atom. The van der Waals surface area contributed by atoms with Crippen molar-refractivity contribution < 1.29 is 36.7 Å². The monoisotopic (exact) mass is 788 g/mol. The highest BCUT2D eigenvalue weighted by molar-refractivity contribution is 6.07. The number of hydrogen-bond acceptors (Lipinski definition) is 9. The second-order valence-electron chi connectivity index (χ2n) is 14.8. The van der Waals surface area contributed by atoms with E-state index in [2.05, 4.69) is 35.4 Å². The van der Waals surface area contributed by atoms with Crippen LogP contribution in [0.1, 0.15) is 64.3 Å². The minimum atomic E-state index is -4.74. The Morgan fingerprint density at radius 3 is 2.21 bits per heavy atom. The van der Waals surface area contributed by atoms with Gasteiger partial charge >= 0.3 is 12.2 Å². The first-order chi connectivity index (χ1) is 27.3. The number of alkyl halides is 3. The summed E-state index contributed by atoms with van der Waals surface area (Å²) in [6.07, 6.45) is 0.145. The molecule has 4 fully saturated rings. The number of piperazine rings is 1. The second kappa shape index (κ2) is 14.8. The van der Waals surface area contributed by atoms with Crippen molar-refractivity contribution in [3.8, 4) is 5.69 Å². The summed E-state index contributed by atoms with van der Waals surface area (Å²) in [7, 11) is 0. The number of piperidine rings is 1. The van der Waals surface area contributed by atoms with Crippen molar-refractivity contribution >= 4 is 40.8 Å². The van der Waals surface area contributed by atoms with Crippen LogP contribution in [0.25, 0.3) is 5.69 Å². The number of nitrogens with one attached hydrogen (secondary N) is 2. The third-order valence-corrected chi connectivity index (χ3v) is 11.4. The smallest absolute Gasteiger partial charge is 0.369 e. The first-order valence-electron chi connectivity index (χ1n) is 18.8. The van der Waals surface area contributed by atoms with E-state index in [9.17, 15) is 32.3 Å². The van der Waals surface area contributed by atoms with Crippen LogP contribution in [0.3, 0.4) is 0 Å². The van der Waals surface area contributed by atoms with Gasteiger partial charge in [-0.25, -0.2) is 18.9 Å². The molecular formula is C39H40F4N10O4. The number of anilines is 3. The van der Waals surface area contributed by atoms with E-state index in [1.54, 1.807) is 23.1 Å². The number of hydrogen-bond donors (Lipinski definition) is 3. The summed E-state index contributed by atoms with van der Waals surface area (Å²) in [6, 6.07) is 15.7. The fourth-order valence-electron chi connectivity index (χ4n) is 8.18. The van der Waals surface area contributed by atoms with Crippen LogP contribution in [0.15, 0.2) is 66.9 Å². The number of carbonyl (C=O) groups excluding carboxylic acids is 4. The van der Waals surface area contributed by atoms with Crippen molar-refractivity contribution in [1.82, 2.24) is 29.9 Å². The summed E-state index contributed by atoms with van der Waals surface area (Å²) in [5.74, 6) is -2.48. The average Bonchev–Trinajstić information content (AvgIpc) is 3.90. The first-order valence-corrected chi connectivity index (χ1v) is 18.8. The summed E-state index contributed by atoms with van der Waals surface area (Å²) in [5.41, 5.74) is 5.77. The van der Waals surface area contributed by atoms with Crippen molar-refractivity contribution in [3.05, 3.63) is 95.3 Å². The Hall–Kier alpha value is -6.04. The maximum atomic E-state index is 15.6. The van der Waals surface area contributed by atoms with E-state index >= 15 is 4.39 Å². The van der Waals surface area contributed by atoms with Gasteiger partial charge in [-0.1, -0.05) is 12.1 Å². The lowest BCUT2D eigenvalue weighted by atomic mass is 9.99. The minimum Gasteiger partial charge on any atom is -0.369 e. The second-order valence-corrected chi connectivity index (χ2v) is 14.8. The zero-order chi connectivity index (χ0) is 40.1.